The van der Waals surface area contributed by atoms with Crippen molar-refractivity contribution in [1.82, 2.24) is 19.6 Å². The highest BCUT2D eigenvalue weighted by Gasteiger charge is 2.31. The predicted octanol–water partition coefficient (Wildman–Crippen LogP) is 0.611. The molecule has 2 saturated heterocycles. The maximum Gasteiger partial charge on any atom is 0.115 e. The first-order chi connectivity index (χ1) is 8.58. The van der Waals surface area contributed by atoms with E-state index in [0.29, 0.717) is 0 Å². The van der Waals surface area contributed by atoms with Gasteiger partial charge in [-0.1, -0.05) is 0 Å². The van der Waals surface area contributed by atoms with Gasteiger partial charge in [0.25, 0.3) is 0 Å². The molecule has 6 heteroatoms. The van der Waals surface area contributed by atoms with Crippen molar-refractivity contribution in [2.75, 3.05) is 66.5 Å². The molecule has 2 unspecified atom stereocenters. The van der Waals surface area contributed by atoms with Gasteiger partial charge in [-0.05, 0) is 14.1 Å². The molecule has 0 spiro atoms. The Hall–Kier alpha value is 0.420. The highest BCUT2D eigenvalue weighted by atomic mass is 35.5. The zero-order valence-corrected chi connectivity index (χ0v) is 12.9. The summed E-state index contributed by atoms with van der Waals surface area (Å²) in [5.41, 5.74) is -0.186. The number of likely N-dealkylation sites (N-methyl/N-ethyl adjacent to an activating group) is 2. The number of alkyl halides is 2. The Balaban J connectivity index is 2.16. The van der Waals surface area contributed by atoms with E-state index in [0.717, 1.165) is 52.4 Å². The van der Waals surface area contributed by atoms with E-state index >= 15 is 0 Å². The van der Waals surface area contributed by atoms with Crippen molar-refractivity contribution in [3.63, 3.8) is 0 Å². The van der Waals surface area contributed by atoms with E-state index in [9.17, 15) is 0 Å². The van der Waals surface area contributed by atoms with E-state index in [1.54, 1.807) is 0 Å². The van der Waals surface area contributed by atoms with Gasteiger partial charge in [0.05, 0.1) is 0 Å². The van der Waals surface area contributed by atoms with Gasteiger partial charge < -0.3 is 9.80 Å². The van der Waals surface area contributed by atoms with Gasteiger partial charge >= 0.3 is 0 Å². The van der Waals surface area contributed by atoms with Gasteiger partial charge in [0.2, 0.25) is 0 Å². The fourth-order valence-electron chi connectivity index (χ4n) is 2.49. The summed E-state index contributed by atoms with van der Waals surface area (Å²) < 4.78 is 0. The lowest BCUT2D eigenvalue weighted by molar-refractivity contribution is 0.189. The summed E-state index contributed by atoms with van der Waals surface area (Å²) in [4.78, 5) is 9.36. The first-order valence-electron chi connectivity index (χ1n) is 6.71. The van der Waals surface area contributed by atoms with Crippen molar-refractivity contribution < 1.29 is 0 Å². The Morgan fingerprint density at radius 3 is 1.17 bits per heavy atom. The lowest BCUT2D eigenvalue weighted by atomic mass is 10.4. The number of hydrogen-bond donors (Lipinski definition) is 0. The first-order valence-corrected chi connectivity index (χ1v) is 7.58. The lowest BCUT2D eigenvalue weighted by Crippen LogP contribution is -2.47. The zero-order valence-electron chi connectivity index (χ0n) is 11.4. The van der Waals surface area contributed by atoms with E-state index in [-0.39, 0.29) is 11.0 Å². The van der Waals surface area contributed by atoms with Crippen LogP contribution >= 0.6 is 23.2 Å². The highest BCUT2D eigenvalue weighted by molar-refractivity contribution is 6.29. The SMILES string of the molecule is CN1CCN2CCN(C)CCN(CC1)C(Cl)C2Cl. The third kappa shape index (κ3) is 3.71. The standard InChI is InChI=1S/C12H24Cl2N4/c1-15-3-7-17-9-5-16(2)6-10-18(8-4-15)12(14)11(17)13/h11-12H,3-10H2,1-2H3. The van der Waals surface area contributed by atoms with Crippen molar-refractivity contribution in [3.8, 4) is 0 Å². The minimum Gasteiger partial charge on any atom is -0.304 e. The average molecular weight is 295 g/mol. The number of hydrogen-bond acceptors (Lipinski definition) is 4. The second-order valence-electron chi connectivity index (χ2n) is 5.42. The smallest absolute Gasteiger partial charge is 0.115 e. The molecule has 0 radical (unpaired) electrons. The summed E-state index contributed by atoms with van der Waals surface area (Å²) in [6, 6.07) is 0. The van der Waals surface area contributed by atoms with Crippen LogP contribution in [-0.4, -0.2) is 97.1 Å². The quantitative estimate of drug-likeness (QED) is 0.479. The molecule has 2 aliphatic rings. The van der Waals surface area contributed by atoms with Crippen molar-refractivity contribution in [2.45, 2.75) is 11.0 Å². The predicted molar refractivity (Wildman–Crippen MR) is 77.4 cm³/mol. The van der Waals surface area contributed by atoms with Crippen LogP contribution in [0.3, 0.4) is 0 Å². The van der Waals surface area contributed by atoms with Crippen molar-refractivity contribution in [1.29, 1.82) is 0 Å². The van der Waals surface area contributed by atoms with Crippen LogP contribution in [0.25, 0.3) is 0 Å². The Labute approximate surface area is 120 Å². The van der Waals surface area contributed by atoms with Gasteiger partial charge in [-0.2, -0.15) is 0 Å². The number of rotatable bonds is 0. The van der Waals surface area contributed by atoms with E-state index in [1.165, 1.54) is 0 Å². The van der Waals surface area contributed by atoms with Crippen LogP contribution in [0.4, 0.5) is 0 Å². The van der Waals surface area contributed by atoms with E-state index in [2.05, 4.69) is 33.7 Å². The van der Waals surface area contributed by atoms with Crippen LogP contribution in [0.2, 0.25) is 0 Å². The Kier molecular flexibility index (Phi) is 5.54. The normalized spacial score (nSPS) is 41.3. The monoisotopic (exact) mass is 294 g/mol. The molecule has 2 atom stereocenters. The van der Waals surface area contributed by atoms with Gasteiger partial charge in [0, 0.05) is 52.4 Å². The van der Waals surface area contributed by atoms with Gasteiger partial charge in [0.15, 0.2) is 0 Å². The maximum absolute atomic E-state index is 6.57. The molecule has 2 fully saturated rings. The minimum atomic E-state index is -0.0929. The van der Waals surface area contributed by atoms with Gasteiger partial charge in [0.1, 0.15) is 11.0 Å². The molecule has 0 N–H and O–H groups in total. The van der Waals surface area contributed by atoms with Crippen LogP contribution in [0.1, 0.15) is 0 Å². The molecule has 2 heterocycles. The van der Waals surface area contributed by atoms with E-state index < -0.39 is 0 Å². The fourth-order valence-corrected chi connectivity index (χ4v) is 3.19. The molecular weight excluding hydrogens is 271 g/mol. The van der Waals surface area contributed by atoms with Crippen molar-refractivity contribution in [2.24, 2.45) is 0 Å². The van der Waals surface area contributed by atoms with Crippen molar-refractivity contribution >= 4 is 23.2 Å². The van der Waals surface area contributed by atoms with Crippen LogP contribution in [0, 0.1) is 0 Å². The molecule has 18 heavy (non-hydrogen) atoms. The summed E-state index contributed by atoms with van der Waals surface area (Å²) in [6.07, 6.45) is 0. The third-order valence-corrected chi connectivity index (χ3v) is 5.16. The summed E-state index contributed by atoms with van der Waals surface area (Å²) in [5.74, 6) is 0. The molecule has 2 rings (SSSR count). The molecular formula is C12H24Cl2N4. The fraction of sp³-hybridized carbons (Fsp3) is 1.00. The largest absolute Gasteiger partial charge is 0.304 e. The highest BCUT2D eigenvalue weighted by Crippen LogP contribution is 2.21. The second kappa shape index (κ2) is 6.73. The third-order valence-electron chi connectivity index (χ3n) is 4.00. The van der Waals surface area contributed by atoms with Gasteiger partial charge in [-0.3, -0.25) is 9.80 Å². The minimum absolute atomic E-state index is 0.0929. The number of halogens is 2. The number of fused-ring (bicyclic) bond motifs is 3. The number of nitrogens with zero attached hydrogens (tertiary/aromatic N) is 4. The van der Waals surface area contributed by atoms with Crippen LogP contribution < -0.4 is 0 Å². The Bertz CT molecular complexity index is 224. The molecule has 0 aliphatic carbocycles. The van der Waals surface area contributed by atoms with E-state index in [1.807, 2.05) is 0 Å². The summed E-state index contributed by atoms with van der Waals surface area (Å²) >= 11 is 13.1. The molecule has 0 aromatic rings. The summed E-state index contributed by atoms with van der Waals surface area (Å²) in [5, 5.41) is 0. The molecule has 0 aromatic carbocycles. The molecule has 106 valence electrons. The molecule has 0 amide bonds. The Morgan fingerprint density at radius 2 is 0.889 bits per heavy atom. The van der Waals surface area contributed by atoms with Crippen LogP contribution in [-0.2, 0) is 0 Å². The molecule has 0 saturated carbocycles. The summed E-state index contributed by atoms with van der Waals surface area (Å²) in [6.45, 7) is 8.22. The Morgan fingerprint density at radius 1 is 0.611 bits per heavy atom. The van der Waals surface area contributed by atoms with Gasteiger partial charge in [-0.25, -0.2) is 0 Å². The maximum atomic E-state index is 6.57. The second-order valence-corrected chi connectivity index (χ2v) is 6.32. The zero-order chi connectivity index (χ0) is 13.1. The molecule has 0 aromatic heterocycles. The molecule has 4 nitrogen and oxygen atoms in total. The topological polar surface area (TPSA) is 13.0 Å². The van der Waals surface area contributed by atoms with Crippen LogP contribution in [0.5, 0.6) is 0 Å². The molecule has 2 bridgehead atoms. The average Bonchev–Trinajstić information content (AvgIpc) is 2.42. The van der Waals surface area contributed by atoms with Gasteiger partial charge in [-0.15, -0.1) is 23.2 Å². The molecule has 2 aliphatic heterocycles. The van der Waals surface area contributed by atoms with E-state index in [4.69, 9.17) is 23.2 Å². The van der Waals surface area contributed by atoms with Crippen molar-refractivity contribution in [3.05, 3.63) is 0 Å². The summed E-state index contributed by atoms with van der Waals surface area (Å²) in [7, 11) is 4.35. The first kappa shape index (κ1) is 14.8. The lowest BCUT2D eigenvalue weighted by Gasteiger charge is -2.33. The van der Waals surface area contributed by atoms with Crippen LogP contribution in [0.15, 0.2) is 0 Å².